The number of rotatable bonds is 6. The molecule has 0 saturated heterocycles. The van der Waals surface area contributed by atoms with E-state index in [9.17, 15) is 4.79 Å². The number of thioether (sulfide) groups is 1. The molecule has 0 aliphatic rings. The van der Waals surface area contributed by atoms with Gasteiger partial charge in [-0.1, -0.05) is 6.07 Å². The normalized spacial score (nSPS) is 10.1. The van der Waals surface area contributed by atoms with E-state index in [4.69, 9.17) is 10.2 Å². The van der Waals surface area contributed by atoms with Gasteiger partial charge in [-0.15, -0.1) is 11.8 Å². The summed E-state index contributed by atoms with van der Waals surface area (Å²) in [7, 11) is 0. The van der Waals surface area contributed by atoms with Crippen molar-refractivity contribution in [1.82, 2.24) is 0 Å². The molecule has 1 aromatic carbocycles. The largest absolute Gasteiger partial charge is 0.478 e. The van der Waals surface area contributed by atoms with E-state index in [1.165, 1.54) is 11.8 Å². The molecule has 0 amide bonds. The predicted octanol–water partition coefficient (Wildman–Crippen LogP) is 1.90. The summed E-state index contributed by atoms with van der Waals surface area (Å²) < 4.78 is 0. The Hall–Kier alpha value is -1.20. The molecule has 0 heterocycles. The number of anilines is 1. The maximum atomic E-state index is 11.1. The minimum absolute atomic E-state index is 0.0949. The fraction of sp³-hybridized carbons (Fsp3) is 0.364. The van der Waals surface area contributed by atoms with Crippen LogP contribution in [-0.4, -0.2) is 35.6 Å². The molecule has 0 atom stereocenters. The summed E-state index contributed by atoms with van der Waals surface area (Å²) in [6.45, 7) is 0.659. The van der Waals surface area contributed by atoms with Crippen LogP contribution >= 0.6 is 11.8 Å². The molecule has 0 bridgehead atoms. The lowest BCUT2D eigenvalue weighted by Gasteiger charge is -2.11. The number of aliphatic hydroxyl groups is 1. The molecule has 3 N–H and O–H groups in total. The number of hydrogen-bond acceptors (Lipinski definition) is 4. The standard InChI is InChI=1S/C11H15NO3S/c1-16-9-5-2-4-8(10(9)11(14)15)12-6-3-7-13/h2,4-5,12-13H,3,6-7H2,1H3,(H,14,15). The lowest BCUT2D eigenvalue weighted by atomic mass is 10.1. The van der Waals surface area contributed by atoms with Gasteiger partial charge in [0.05, 0.1) is 5.56 Å². The number of carboxylic acid groups (broad SMARTS) is 1. The van der Waals surface area contributed by atoms with Gasteiger partial charge in [0.25, 0.3) is 0 Å². The van der Waals surface area contributed by atoms with Gasteiger partial charge in [-0.25, -0.2) is 4.79 Å². The van der Waals surface area contributed by atoms with Crippen molar-refractivity contribution in [3.05, 3.63) is 23.8 Å². The second kappa shape index (κ2) is 6.40. The van der Waals surface area contributed by atoms with E-state index in [1.807, 2.05) is 12.3 Å². The van der Waals surface area contributed by atoms with Crippen molar-refractivity contribution in [2.45, 2.75) is 11.3 Å². The van der Waals surface area contributed by atoms with Crippen molar-refractivity contribution in [3.8, 4) is 0 Å². The third kappa shape index (κ3) is 3.15. The first-order valence-electron chi connectivity index (χ1n) is 4.95. The van der Waals surface area contributed by atoms with Gasteiger partial charge in [-0.05, 0) is 24.8 Å². The summed E-state index contributed by atoms with van der Waals surface area (Å²) in [5.74, 6) is -0.934. The van der Waals surface area contributed by atoms with E-state index in [-0.39, 0.29) is 6.61 Å². The minimum Gasteiger partial charge on any atom is -0.478 e. The summed E-state index contributed by atoms with van der Waals surface area (Å²) in [4.78, 5) is 11.9. The quantitative estimate of drug-likeness (QED) is 0.524. The van der Waals surface area contributed by atoms with Crippen LogP contribution in [0.4, 0.5) is 5.69 Å². The highest BCUT2D eigenvalue weighted by Gasteiger charge is 2.14. The predicted molar refractivity (Wildman–Crippen MR) is 65.4 cm³/mol. The van der Waals surface area contributed by atoms with E-state index in [0.29, 0.717) is 24.2 Å². The highest BCUT2D eigenvalue weighted by atomic mass is 32.2. The Morgan fingerprint density at radius 3 is 2.81 bits per heavy atom. The molecule has 0 spiro atoms. The molecule has 4 nitrogen and oxygen atoms in total. The molecule has 0 unspecified atom stereocenters. The zero-order valence-electron chi connectivity index (χ0n) is 9.06. The minimum atomic E-state index is -0.934. The summed E-state index contributed by atoms with van der Waals surface area (Å²) in [5, 5.41) is 20.8. The first-order chi connectivity index (χ1) is 7.70. The molecule has 0 saturated carbocycles. The zero-order chi connectivity index (χ0) is 12.0. The van der Waals surface area contributed by atoms with Crippen molar-refractivity contribution in [2.75, 3.05) is 24.7 Å². The highest BCUT2D eigenvalue weighted by Crippen LogP contribution is 2.27. The fourth-order valence-corrected chi connectivity index (χ4v) is 1.99. The third-order valence-corrected chi connectivity index (χ3v) is 2.89. The number of nitrogens with one attached hydrogen (secondary N) is 1. The number of carbonyl (C=O) groups is 1. The molecular weight excluding hydrogens is 226 g/mol. The molecule has 1 rings (SSSR count). The van der Waals surface area contributed by atoms with Crippen molar-refractivity contribution in [3.63, 3.8) is 0 Å². The summed E-state index contributed by atoms with van der Waals surface area (Å²) in [6, 6.07) is 5.34. The average Bonchev–Trinajstić information content (AvgIpc) is 2.28. The first kappa shape index (κ1) is 12.9. The summed E-state index contributed by atoms with van der Waals surface area (Å²) in [5.41, 5.74) is 0.903. The molecule has 16 heavy (non-hydrogen) atoms. The van der Waals surface area contributed by atoms with Crippen LogP contribution in [0.3, 0.4) is 0 Å². The highest BCUT2D eigenvalue weighted by molar-refractivity contribution is 7.98. The number of aliphatic hydroxyl groups excluding tert-OH is 1. The number of aromatic carboxylic acids is 1. The van der Waals surface area contributed by atoms with Gasteiger partial charge in [-0.3, -0.25) is 0 Å². The zero-order valence-corrected chi connectivity index (χ0v) is 9.88. The number of carboxylic acids is 1. The molecule has 0 aliphatic carbocycles. The molecule has 0 radical (unpaired) electrons. The summed E-state index contributed by atoms with van der Waals surface area (Å²) in [6.07, 6.45) is 2.45. The molecule has 0 aromatic heterocycles. The maximum absolute atomic E-state index is 11.1. The van der Waals surface area contributed by atoms with Crippen LogP contribution in [0.25, 0.3) is 0 Å². The second-order valence-electron chi connectivity index (χ2n) is 3.19. The number of benzene rings is 1. The van der Waals surface area contributed by atoms with E-state index in [2.05, 4.69) is 5.32 Å². The van der Waals surface area contributed by atoms with Crippen LogP contribution in [-0.2, 0) is 0 Å². The van der Waals surface area contributed by atoms with Crippen LogP contribution < -0.4 is 5.32 Å². The molecule has 1 aromatic rings. The van der Waals surface area contributed by atoms with Crippen molar-refractivity contribution in [2.24, 2.45) is 0 Å². The van der Waals surface area contributed by atoms with Crippen molar-refractivity contribution < 1.29 is 15.0 Å². The van der Waals surface area contributed by atoms with Gasteiger partial charge in [0.1, 0.15) is 0 Å². The van der Waals surface area contributed by atoms with Crippen LogP contribution in [0.5, 0.6) is 0 Å². The fourth-order valence-electron chi connectivity index (χ4n) is 1.37. The van der Waals surface area contributed by atoms with Crippen LogP contribution in [0.15, 0.2) is 23.1 Å². The second-order valence-corrected chi connectivity index (χ2v) is 4.04. The first-order valence-corrected chi connectivity index (χ1v) is 6.18. The lowest BCUT2D eigenvalue weighted by Crippen LogP contribution is -2.09. The van der Waals surface area contributed by atoms with Gasteiger partial charge in [0.15, 0.2) is 0 Å². The van der Waals surface area contributed by atoms with Crippen LogP contribution in [0.2, 0.25) is 0 Å². The van der Waals surface area contributed by atoms with E-state index < -0.39 is 5.97 Å². The molecular formula is C11H15NO3S. The van der Waals surface area contributed by atoms with E-state index in [0.717, 1.165) is 4.90 Å². The summed E-state index contributed by atoms with van der Waals surface area (Å²) >= 11 is 1.41. The molecule has 0 fully saturated rings. The topological polar surface area (TPSA) is 69.6 Å². The van der Waals surface area contributed by atoms with Gasteiger partial charge in [0, 0.05) is 23.7 Å². The lowest BCUT2D eigenvalue weighted by molar-refractivity contribution is 0.0694. The Balaban J connectivity index is 2.93. The van der Waals surface area contributed by atoms with Crippen LogP contribution in [0, 0.1) is 0 Å². The Kier molecular flexibility index (Phi) is 5.14. The number of hydrogen-bond donors (Lipinski definition) is 3. The average molecular weight is 241 g/mol. The van der Waals surface area contributed by atoms with Gasteiger partial charge < -0.3 is 15.5 Å². The molecule has 88 valence electrons. The Morgan fingerprint density at radius 2 is 2.25 bits per heavy atom. The smallest absolute Gasteiger partial charge is 0.338 e. The monoisotopic (exact) mass is 241 g/mol. The van der Waals surface area contributed by atoms with Gasteiger partial charge >= 0.3 is 5.97 Å². The Bertz CT molecular complexity index is 368. The SMILES string of the molecule is CSc1cccc(NCCCO)c1C(=O)O. The van der Waals surface area contributed by atoms with Crippen molar-refractivity contribution >= 4 is 23.4 Å². The maximum Gasteiger partial charge on any atom is 0.338 e. The Labute approximate surface area is 98.7 Å². The van der Waals surface area contributed by atoms with Crippen LogP contribution in [0.1, 0.15) is 16.8 Å². The molecule has 0 aliphatic heterocycles. The van der Waals surface area contributed by atoms with Gasteiger partial charge in [-0.2, -0.15) is 0 Å². The van der Waals surface area contributed by atoms with E-state index >= 15 is 0 Å². The Morgan fingerprint density at radius 1 is 1.50 bits per heavy atom. The van der Waals surface area contributed by atoms with Crippen molar-refractivity contribution in [1.29, 1.82) is 0 Å². The molecule has 5 heteroatoms. The van der Waals surface area contributed by atoms with E-state index in [1.54, 1.807) is 12.1 Å². The third-order valence-electron chi connectivity index (χ3n) is 2.11. The van der Waals surface area contributed by atoms with Gasteiger partial charge in [0.2, 0.25) is 0 Å².